The van der Waals surface area contributed by atoms with Gasteiger partial charge in [-0.2, -0.15) is 0 Å². The molecule has 0 aromatic heterocycles. The Morgan fingerprint density at radius 2 is 1.92 bits per heavy atom. The number of likely N-dealkylation sites (tertiary alicyclic amines) is 1. The van der Waals surface area contributed by atoms with E-state index in [4.69, 9.17) is 4.74 Å². The van der Waals surface area contributed by atoms with Gasteiger partial charge in [-0.25, -0.2) is 0 Å². The van der Waals surface area contributed by atoms with Crippen LogP contribution in [-0.2, 0) is 4.74 Å². The van der Waals surface area contributed by atoms with E-state index in [1.165, 1.54) is 25.9 Å². The SMILES string of the molecule is CC.C[C@H]1CCCN(C2COC2)C1. The molecule has 2 nitrogen and oxygen atoms in total. The summed E-state index contributed by atoms with van der Waals surface area (Å²) in [6.45, 7) is 10.9. The molecule has 2 aliphatic rings. The van der Waals surface area contributed by atoms with Crippen molar-refractivity contribution in [2.45, 2.75) is 39.7 Å². The summed E-state index contributed by atoms with van der Waals surface area (Å²) in [5.41, 5.74) is 0. The fraction of sp³-hybridized carbons (Fsp3) is 1.00. The van der Waals surface area contributed by atoms with Crippen molar-refractivity contribution in [1.82, 2.24) is 4.90 Å². The zero-order valence-corrected chi connectivity index (χ0v) is 9.25. The molecule has 0 unspecified atom stereocenters. The molecule has 78 valence electrons. The summed E-state index contributed by atoms with van der Waals surface area (Å²) in [7, 11) is 0. The van der Waals surface area contributed by atoms with E-state index in [0.717, 1.165) is 25.2 Å². The van der Waals surface area contributed by atoms with Gasteiger partial charge in [0.15, 0.2) is 0 Å². The van der Waals surface area contributed by atoms with Gasteiger partial charge in [-0.1, -0.05) is 20.8 Å². The number of rotatable bonds is 1. The fourth-order valence-electron chi connectivity index (χ4n) is 1.99. The molecule has 0 bridgehead atoms. The maximum atomic E-state index is 5.18. The van der Waals surface area contributed by atoms with Gasteiger partial charge in [-0.15, -0.1) is 0 Å². The monoisotopic (exact) mass is 185 g/mol. The highest BCUT2D eigenvalue weighted by molar-refractivity contribution is 4.81. The first kappa shape index (κ1) is 11.0. The van der Waals surface area contributed by atoms with Crippen LogP contribution in [-0.4, -0.2) is 37.2 Å². The van der Waals surface area contributed by atoms with Crippen LogP contribution in [0.15, 0.2) is 0 Å². The van der Waals surface area contributed by atoms with Crippen LogP contribution in [0.4, 0.5) is 0 Å². The Hall–Kier alpha value is -0.0800. The van der Waals surface area contributed by atoms with Crippen LogP contribution in [0, 0.1) is 5.92 Å². The molecule has 2 heteroatoms. The third-order valence-electron chi connectivity index (χ3n) is 2.83. The van der Waals surface area contributed by atoms with E-state index in [2.05, 4.69) is 11.8 Å². The molecular formula is C11H23NO. The summed E-state index contributed by atoms with van der Waals surface area (Å²) in [6.07, 6.45) is 2.81. The van der Waals surface area contributed by atoms with Crippen molar-refractivity contribution in [3.8, 4) is 0 Å². The van der Waals surface area contributed by atoms with Gasteiger partial charge in [0.2, 0.25) is 0 Å². The highest BCUT2D eigenvalue weighted by Gasteiger charge is 2.28. The predicted molar refractivity (Wildman–Crippen MR) is 55.9 cm³/mol. The lowest BCUT2D eigenvalue weighted by atomic mass is 9.98. The van der Waals surface area contributed by atoms with Crippen LogP contribution < -0.4 is 0 Å². The van der Waals surface area contributed by atoms with Crippen molar-refractivity contribution in [2.75, 3.05) is 26.3 Å². The molecule has 1 atom stereocenters. The Morgan fingerprint density at radius 1 is 1.23 bits per heavy atom. The summed E-state index contributed by atoms with van der Waals surface area (Å²) in [6, 6.07) is 0.762. The normalized spacial score (nSPS) is 30.2. The molecule has 0 saturated carbocycles. The van der Waals surface area contributed by atoms with E-state index < -0.39 is 0 Å². The number of hydrogen-bond acceptors (Lipinski definition) is 2. The second kappa shape index (κ2) is 5.61. The number of nitrogens with zero attached hydrogens (tertiary/aromatic N) is 1. The Morgan fingerprint density at radius 3 is 2.38 bits per heavy atom. The van der Waals surface area contributed by atoms with E-state index in [0.29, 0.717) is 0 Å². The van der Waals surface area contributed by atoms with Crippen LogP contribution in [0.5, 0.6) is 0 Å². The lowest BCUT2D eigenvalue weighted by Crippen LogP contribution is -2.52. The quantitative estimate of drug-likeness (QED) is 0.620. The summed E-state index contributed by atoms with van der Waals surface area (Å²) in [5, 5.41) is 0. The number of piperidine rings is 1. The first-order valence-electron chi connectivity index (χ1n) is 5.68. The summed E-state index contributed by atoms with van der Waals surface area (Å²) in [5.74, 6) is 0.907. The topological polar surface area (TPSA) is 12.5 Å². The second-order valence-corrected chi connectivity index (χ2v) is 3.93. The van der Waals surface area contributed by atoms with Crippen molar-refractivity contribution < 1.29 is 4.74 Å². The van der Waals surface area contributed by atoms with Gasteiger partial charge < -0.3 is 4.74 Å². The smallest absolute Gasteiger partial charge is 0.0645 e. The van der Waals surface area contributed by atoms with Gasteiger partial charge in [0.1, 0.15) is 0 Å². The first-order valence-corrected chi connectivity index (χ1v) is 5.68. The van der Waals surface area contributed by atoms with E-state index in [1.807, 2.05) is 13.8 Å². The van der Waals surface area contributed by atoms with E-state index in [1.54, 1.807) is 0 Å². The fourth-order valence-corrected chi connectivity index (χ4v) is 1.99. The zero-order valence-electron chi connectivity index (χ0n) is 9.25. The van der Waals surface area contributed by atoms with Crippen LogP contribution in [0.1, 0.15) is 33.6 Å². The molecule has 0 aromatic carbocycles. The number of ether oxygens (including phenoxy) is 1. The summed E-state index contributed by atoms with van der Waals surface area (Å²) >= 11 is 0. The van der Waals surface area contributed by atoms with Crippen molar-refractivity contribution in [3.05, 3.63) is 0 Å². The lowest BCUT2D eigenvalue weighted by molar-refractivity contribution is -0.0752. The van der Waals surface area contributed by atoms with Crippen LogP contribution in [0.2, 0.25) is 0 Å². The minimum atomic E-state index is 0.762. The van der Waals surface area contributed by atoms with Gasteiger partial charge in [0, 0.05) is 6.54 Å². The first-order chi connectivity index (χ1) is 6.36. The molecule has 0 aromatic rings. The summed E-state index contributed by atoms with van der Waals surface area (Å²) in [4.78, 5) is 2.59. The Kier molecular flexibility index (Phi) is 4.74. The summed E-state index contributed by atoms with van der Waals surface area (Å²) < 4.78 is 5.18. The largest absolute Gasteiger partial charge is 0.378 e. The molecule has 0 amide bonds. The van der Waals surface area contributed by atoms with Gasteiger partial charge in [-0.3, -0.25) is 4.90 Å². The van der Waals surface area contributed by atoms with Crippen molar-refractivity contribution in [1.29, 1.82) is 0 Å². The van der Waals surface area contributed by atoms with E-state index in [-0.39, 0.29) is 0 Å². The average Bonchev–Trinajstić information content (AvgIpc) is 2.05. The number of hydrogen-bond donors (Lipinski definition) is 0. The second-order valence-electron chi connectivity index (χ2n) is 3.93. The molecule has 2 fully saturated rings. The molecule has 2 saturated heterocycles. The van der Waals surface area contributed by atoms with E-state index >= 15 is 0 Å². The minimum absolute atomic E-state index is 0.762. The van der Waals surface area contributed by atoms with Crippen LogP contribution in [0.3, 0.4) is 0 Å². The Balaban J connectivity index is 0.000000396. The third-order valence-corrected chi connectivity index (χ3v) is 2.83. The molecule has 0 spiro atoms. The molecule has 0 aliphatic carbocycles. The third kappa shape index (κ3) is 2.96. The van der Waals surface area contributed by atoms with Gasteiger partial charge in [0.05, 0.1) is 19.3 Å². The highest BCUT2D eigenvalue weighted by atomic mass is 16.5. The van der Waals surface area contributed by atoms with Crippen LogP contribution in [0.25, 0.3) is 0 Å². The molecule has 2 heterocycles. The Bertz CT molecular complexity index is 134. The van der Waals surface area contributed by atoms with Crippen LogP contribution >= 0.6 is 0 Å². The molecule has 13 heavy (non-hydrogen) atoms. The van der Waals surface area contributed by atoms with Gasteiger partial charge in [0.25, 0.3) is 0 Å². The molecule has 2 aliphatic heterocycles. The molecule has 2 rings (SSSR count). The van der Waals surface area contributed by atoms with Gasteiger partial charge >= 0.3 is 0 Å². The zero-order chi connectivity index (χ0) is 9.68. The predicted octanol–water partition coefficient (Wildman–Crippen LogP) is 2.14. The van der Waals surface area contributed by atoms with E-state index in [9.17, 15) is 0 Å². The van der Waals surface area contributed by atoms with Crippen molar-refractivity contribution >= 4 is 0 Å². The standard InChI is InChI=1S/C9H17NO.C2H6/c1-8-3-2-4-10(5-8)9-6-11-7-9;1-2/h8-9H,2-7H2,1H3;1-2H3/t8-;/m0./s1. The average molecular weight is 185 g/mol. The minimum Gasteiger partial charge on any atom is -0.378 e. The molecule has 0 N–H and O–H groups in total. The Labute approximate surface area is 82.3 Å². The maximum absolute atomic E-state index is 5.18. The van der Waals surface area contributed by atoms with Gasteiger partial charge in [-0.05, 0) is 25.3 Å². The molecular weight excluding hydrogens is 162 g/mol. The van der Waals surface area contributed by atoms with Crippen molar-refractivity contribution in [3.63, 3.8) is 0 Å². The lowest BCUT2D eigenvalue weighted by Gasteiger charge is -2.41. The van der Waals surface area contributed by atoms with Crippen molar-refractivity contribution in [2.24, 2.45) is 5.92 Å². The maximum Gasteiger partial charge on any atom is 0.0645 e. The highest BCUT2D eigenvalue weighted by Crippen LogP contribution is 2.20. The molecule has 0 radical (unpaired) electrons.